The Morgan fingerprint density at radius 2 is 1.83 bits per heavy atom. The Morgan fingerprint density at radius 1 is 1.22 bits per heavy atom. The van der Waals surface area contributed by atoms with E-state index >= 15 is 0 Å². The molecule has 0 bridgehead atoms. The first-order chi connectivity index (χ1) is 8.52. The van der Waals surface area contributed by atoms with Crippen LogP contribution in [0.5, 0.6) is 5.75 Å². The van der Waals surface area contributed by atoms with Gasteiger partial charge < -0.3 is 10.1 Å². The summed E-state index contributed by atoms with van der Waals surface area (Å²) in [7, 11) is 0. The second-order valence-electron chi connectivity index (χ2n) is 4.89. The lowest BCUT2D eigenvalue weighted by Crippen LogP contribution is -2.27. The summed E-state index contributed by atoms with van der Waals surface area (Å²) >= 11 is 0. The number of rotatable bonds is 6. The van der Waals surface area contributed by atoms with E-state index in [0.29, 0.717) is 18.9 Å². The van der Waals surface area contributed by atoms with Crippen molar-refractivity contribution in [3.63, 3.8) is 0 Å². The maximum absolute atomic E-state index is 11.7. The average molecular weight is 249 g/mol. The SMILES string of the molecule is CCOc1ccc(C(C)NC(=O)CC(C)C)cc1. The van der Waals surface area contributed by atoms with Gasteiger partial charge in [0.1, 0.15) is 5.75 Å². The van der Waals surface area contributed by atoms with Crippen LogP contribution in [0.2, 0.25) is 0 Å². The minimum Gasteiger partial charge on any atom is -0.494 e. The third-order valence-electron chi connectivity index (χ3n) is 2.66. The molecule has 0 radical (unpaired) electrons. The topological polar surface area (TPSA) is 38.3 Å². The normalized spacial score (nSPS) is 12.3. The van der Waals surface area contributed by atoms with Gasteiger partial charge in [-0.25, -0.2) is 0 Å². The average Bonchev–Trinajstić information content (AvgIpc) is 2.29. The molecule has 18 heavy (non-hydrogen) atoms. The molecular formula is C15H23NO2. The summed E-state index contributed by atoms with van der Waals surface area (Å²) < 4.78 is 5.39. The molecule has 0 spiro atoms. The van der Waals surface area contributed by atoms with Crippen molar-refractivity contribution in [3.8, 4) is 5.75 Å². The summed E-state index contributed by atoms with van der Waals surface area (Å²) in [6, 6.07) is 7.89. The summed E-state index contributed by atoms with van der Waals surface area (Å²) in [5.74, 6) is 1.35. The zero-order chi connectivity index (χ0) is 13.5. The number of hydrogen-bond acceptors (Lipinski definition) is 2. The smallest absolute Gasteiger partial charge is 0.220 e. The number of ether oxygens (including phenoxy) is 1. The monoisotopic (exact) mass is 249 g/mol. The third-order valence-corrected chi connectivity index (χ3v) is 2.66. The highest BCUT2D eigenvalue weighted by molar-refractivity contribution is 5.76. The zero-order valence-electron chi connectivity index (χ0n) is 11.7. The number of carbonyl (C=O) groups is 1. The number of benzene rings is 1. The van der Waals surface area contributed by atoms with Crippen molar-refractivity contribution in [2.45, 2.75) is 40.2 Å². The van der Waals surface area contributed by atoms with E-state index in [1.165, 1.54) is 0 Å². The Balaban J connectivity index is 2.55. The van der Waals surface area contributed by atoms with Crippen molar-refractivity contribution >= 4 is 5.91 Å². The highest BCUT2D eigenvalue weighted by Gasteiger charge is 2.10. The fourth-order valence-electron chi connectivity index (χ4n) is 1.77. The third kappa shape index (κ3) is 4.78. The maximum Gasteiger partial charge on any atom is 0.220 e. The van der Waals surface area contributed by atoms with Gasteiger partial charge in [0, 0.05) is 6.42 Å². The van der Waals surface area contributed by atoms with Gasteiger partial charge in [-0.15, -0.1) is 0 Å². The molecule has 0 aliphatic rings. The summed E-state index contributed by atoms with van der Waals surface area (Å²) in [6.45, 7) is 8.71. The van der Waals surface area contributed by atoms with E-state index < -0.39 is 0 Å². The van der Waals surface area contributed by atoms with Gasteiger partial charge in [0.15, 0.2) is 0 Å². The van der Waals surface area contributed by atoms with Crippen molar-refractivity contribution in [2.24, 2.45) is 5.92 Å². The van der Waals surface area contributed by atoms with Crippen LogP contribution in [0.1, 0.15) is 45.7 Å². The molecule has 0 saturated heterocycles. The first-order valence-corrected chi connectivity index (χ1v) is 6.55. The number of carbonyl (C=O) groups excluding carboxylic acids is 1. The predicted octanol–water partition coefficient (Wildman–Crippen LogP) is 3.31. The first-order valence-electron chi connectivity index (χ1n) is 6.55. The fraction of sp³-hybridized carbons (Fsp3) is 0.533. The van der Waals surface area contributed by atoms with E-state index in [1.54, 1.807) is 0 Å². The van der Waals surface area contributed by atoms with Crippen LogP contribution in [0.3, 0.4) is 0 Å². The predicted molar refractivity (Wildman–Crippen MR) is 73.6 cm³/mol. The molecule has 3 nitrogen and oxygen atoms in total. The van der Waals surface area contributed by atoms with Gasteiger partial charge in [0.05, 0.1) is 12.6 Å². The lowest BCUT2D eigenvalue weighted by atomic mass is 10.1. The lowest BCUT2D eigenvalue weighted by Gasteiger charge is -2.15. The molecule has 3 heteroatoms. The van der Waals surface area contributed by atoms with Crippen molar-refractivity contribution in [3.05, 3.63) is 29.8 Å². The molecule has 1 unspecified atom stereocenters. The molecule has 1 rings (SSSR count). The molecule has 1 N–H and O–H groups in total. The highest BCUT2D eigenvalue weighted by atomic mass is 16.5. The van der Waals surface area contributed by atoms with Crippen LogP contribution in [0.25, 0.3) is 0 Å². The van der Waals surface area contributed by atoms with Crippen molar-refractivity contribution in [2.75, 3.05) is 6.61 Å². The van der Waals surface area contributed by atoms with E-state index in [4.69, 9.17) is 4.74 Å². The van der Waals surface area contributed by atoms with Gasteiger partial charge >= 0.3 is 0 Å². The maximum atomic E-state index is 11.7. The van der Waals surface area contributed by atoms with Gasteiger partial charge in [0.2, 0.25) is 5.91 Å². The van der Waals surface area contributed by atoms with E-state index in [1.807, 2.05) is 52.0 Å². The standard InChI is InChI=1S/C15H23NO2/c1-5-18-14-8-6-13(7-9-14)12(4)16-15(17)10-11(2)3/h6-9,11-12H,5,10H2,1-4H3,(H,16,17). The molecule has 0 aliphatic carbocycles. The van der Waals surface area contributed by atoms with E-state index in [0.717, 1.165) is 11.3 Å². The van der Waals surface area contributed by atoms with Gasteiger partial charge in [0.25, 0.3) is 0 Å². The molecule has 0 aromatic heterocycles. The lowest BCUT2D eigenvalue weighted by molar-refractivity contribution is -0.122. The Labute approximate surface area is 110 Å². The second-order valence-corrected chi connectivity index (χ2v) is 4.89. The molecule has 0 aliphatic heterocycles. The van der Waals surface area contributed by atoms with Gasteiger partial charge in [-0.1, -0.05) is 26.0 Å². The number of hydrogen-bond donors (Lipinski definition) is 1. The van der Waals surface area contributed by atoms with E-state index in [9.17, 15) is 4.79 Å². The second kappa shape index (κ2) is 7.04. The van der Waals surface area contributed by atoms with Crippen LogP contribution >= 0.6 is 0 Å². The Hall–Kier alpha value is -1.51. The summed E-state index contributed by atoms with van der Waals surface area (Å²) in [5, 5.41) is 3.00. The van der Waals surface area contributed by atoms with Crippen LogP contribution in [0, 0.1) is 5.92 Å². The van der Waals surface area contributed by atoms with E-state index in [-0.39, 0.29) is 11.9 Å². The Kier molecular flexibility index (Phi) is 5.69. The summed E-state index contributed by atoms with van der Waals surface area (Å²) in [6.07, 6.45) is 0.571. The van der Waals surface area contributed by atoms with Crippen LogP contribution in [0.15, 0.2) is 24.3 Å². The van der Waals surface area contributed by atoms with Crippen molar-refractivity contribution in [1.29, 1.82) is 0 Å². The van der Waals surface area contributed by atoms with Crippen molar-refractivity contribution in [1.82, 2.24) is 5.32 Å². The molecule has 0 fully saturated rings. The molecule has 1 aromatic rings. The van der Waals surface area contributed by atoms with Gasteiger partial charge in [-0.2, -0.15) is 0 Å². The minimum atomic E-state index is 0.0342. The zero-order valence-corrected chi connectivity index (χ0v) is 11.7. The van der Waals surface area contributed by atoms with Crippen LogP contribution in [0.4, 0.5) is 0 Å². The number of amides is 1. The molecule has 1 amide bonds. The number of nitrogens with one attached hydrogen (secondary N) is 1. The molecule has 0 saturated carbocycles. The molecule has 0 heterocycles. The molecular weight excluding hydrogens is 226 g/mol. The summed E-state index contributed by atoms with van der Waals surface area (Å²) in [5.41, 5.74) is 1.09. The molecule has 100 valence electrons. The molecule has 1 atom stereocenters. The van der Waals surface area contributed by atoms with Gasteiger partial charge in [-0.3, -0.25) is 4.79 Å². The molecule has 1 aromatic carbocycles. The fourth-order valence-corrected chi connectivity index (χ4v) is 1.77. The Bertz CT molecular complexity index is 371. The highest BCUT2D eigenvalue weighted by Crippen LogP contribution is 2.17. The van der Waals surface area contributed by atoms with Crippen LogP contribution in [-0.2, 0) is 4.79 Å². The quantitative estimate of drug-likeness (QED) is 0.840. The minimum absolute atomic E-state index is 0.0342. The van der Waals surface area contributed by atoms with Crippen LogP contribution < -0.4 is 10.1 Å². The first kappa shape index (κ1) is 14.6. The van der Waals surface area contributed by atoms with Crippen LogP contribution in [-0.4, -0.2) is 12.5 Å². The van der Waals surface area contributed by atoms with Crippen molar-refractivity contribution < 1.29 is 9.53 Å². The van der Waals surface area contributed by atoms with Gasteiger partial charge in [-0.05, 0) is 37.5 Å². The summed E-state index contributed by atoms with van der Waals surface area (Å²) in [4.78, 5) is 11.7. The Morgan fingerprint density at radius 3 is 2.33 bits per heavy atom. The van der Waals surface area contributed by atoms with E-state index in [2.05, 4.69) is 5.32 Å². The largest absolute Gasteiger partial charge is 0.494 e.